The second-order valence-electron chi connectivity index (χ2n) is 4.46. The summed E-state index contributed by atoms with van der Waals surface area (Å²) < 4.78 is 10.7. The first-order valence-corrected chi connectivity index (χ1v) is 6.26. The summed E-state index contributed by atoms with van der Waals surface area (Å²) in [5.74, 6) is 3.83. The Morgan fingerprint density at radius 3 is 2.52 bits per heavy atom. The Kier molecular flexibility index (Phi) is 13.3. The lowest BCUT2D eigenvalue weighted by Gasteiger charge is -2.12. The quantitative estimate of drug-likeness (QED) is 0.583. The van der Waals surface area contributed by atoms with Gasteiger partial charge in [-0.2, -0.15) is 0 Å². The van der Waals surface area contributed by atoms with Crippen LogP contribution in [0.15, 0.2) is 18.2 Å². The number of likely N-dealkylation sites (N-methyl/N-ethyl adjacent to an activating group) is 1. The minimum atomic E-state index is 0. The average molecular weight is 335 g/mol. The number of nitrogens with zero attached hydrogens (tertiary/aromatic N) is 1. The van der Waals surface area contributed by atoms with Crippen molar-refractivity contribution in [1.82, 2.24) is 10.2 Å². The fourth-order valence-corrected chi connectivity index (χ4v) is 1.60. The molecule has 1 rings (SSSR count). The van der Waals surface area contributed by atoms with Crippen molar-refractivity contribution in [2.75, 3.05) is 40.9 Å². The topological polar surface area (TPSA) is 33.7 Å². The lowest BCUT2D eigenvalue weighted by Crippen LogP contribution is -2.26. The van der Waals surface area contributed by atoms with Gasteiger partial charge in [0.1, 0.15) is 6.61 Å². The maximum atomic E-state index is 5.40. The minimum absolute atomic E-state index is 0. The van der Waals surface area contributed by atoms with Gasteiger partial charge in [-0.15, -0.1) is 31.2 Å². The fourth-order valence-electron chi connectivity index (χ4n) is 1.60. The molecule has 120 valence electrons. The number of benzene rings is 1. The van der Waals surface area contributed by atoms with Crippen LogP contribution >= 0.6 is 24.8 Å². The van der Waals surface area contributed by atoms with Crippen molar-refractivity contribution in [3.8, 4) is 23.8 Å². The zero-order valence-electron chi connectivity index (χ0n) is 12.7. The maximum Gasteiger partial charge on any atom is 0.162 e. The van der Waals surface area contributed by atoms with Crippen LogP contribution in [-0.4, -0.2) is 45.8 Å². The highest BCUT2D eigenvalue weighted by molar-refractivity contribution is 5.85. The predicted molar refractivity (Wildman–Crippen MR) is 92.1 cm³/mol. The molecule has 0 bridgehead atoms. The molecule has 0 saturated carbocycles. The van der Waals surface area contributed by atoms with Gasteiger partial charge in [0.25, 0.3) is 0 Å². The Labute approximate surface area is 140 Å². The monoisotopic (exact) mass is 334 g/mol. The van der Waals surface area contributed by atoms with Gasteiger partial charge in [-0.25, -0.2) is 0 Å². The first-order valence-electron chi connectivity index (χ1n) is 6.26. The first-order chi connectivity index (χ1) is 9.17. The van der Waals surface area contributed by atoms with E-state index in [4.69, 9.17) is 15.9 Å². The van der Waals surface area contributed by atoms with Gasteiger partial charge in [-0.3, -0.25) is 0 Å². The van der Waals surface area contributed by atoms with Crippen LogP contribution in [0, 0.1) is 12.3 Å². The largest absolute Gasteiger partial charge is 0.493 e. The van der Waals surface area contributed by atoms with E-state index in [0.29, 0.717) is 11.5 Å². The van der Waals surface area contributed by atoms with Crippen LogP contribution in [0.3, 0.4) is 0 Å². The molecule has 0 aliphatic carbocycles. The first kappa shape index (κ1) is 22.2. The van der Waals surface area contributed by atoms with Crippen molar-refractivity contribution in [2.24, 2.45) is 0 Å². The molecule has 1 aromatic rings. The highest BCUT2D eigenvalue weighted by Crippen LogP contribution is 2.27. The standard InChI is InChI=1S/C15H22N2O2.2ClH/c1-5-10-19-14-7-6-13(11-15(14)18-4)12-16-8-9-17(2)3;;/h1,6-7,11,16H,8-10,12H2,2-4H3;2*1H. The number of ether oxygens (including phenoxy) is 2. The molecule has 21 heavy (non-hydrogen) atoms. The lowest BCUT2D eigenvalue weighted by atomic mass is 10.2. The predicted octanol–water partition coefficient (Wildman–Crippen LogP) is 2.20. The molecule has 0 aliphatic rings. The van der Waals surface area contributed by atoms with E-state index in [9.17, 15) is 0 Å². The number of halogens is 2. The molecule has 0 aliphatic heterocycles. The molecule has 0 unspecified atom stereocenters. The van der Waals surface area contributed by atoms with Crippen LogP contribution in [0.2, 0.25) is 0 Å². The van der Waals surface area contributed by atoms with E-state index in [0.717, 1.165) is 25.2 Å². The summed E-state index contributed by atoms with van der Waals surface area (Å²) in [5.41, 5.74) is 1.16. The molecule has 0 heterocycles. The zero-order chi connectivity index (χ0) is 14.1. The Balaban J connectivity index is 0. The van der Waals surface area contributed by atoms with Crippen LogP contribution in [0.25, 0.3) is 0 Å². The van der Waals surface area contributed by atoms with Gasteiger partial charge >= 0.3 is 0 Å². The molecule has 1 aromatic carbocycles. The summed E-state index contributed by atoms with van der Waals surface area (Å²) in [7, 11) is 5.74. The molecule has 1 N–H and O–H groups in total. The normalized spacial score (nSPS) is 9.29. The molecule has 0 spiro atoms. The van der Waals surface area contributed by atoms with Crippen molar-refractivity contribution in [3.63, 3.8) is 0 Å². The van der Waals surface area contributed by atoms with E-state index < -0.39 is 0 Å². The SMILES string of the molecule is C#CCOc1ccc(CNCCN(C)C)cc1OC.Cl.Cl. The van der Waals surface area contributed by atoms with Gasteiger partial charge in [0, 0.05) is 19.6 Å². The van der Waals surface area contributed by atoms with E-state index >= 15 is 0 Å². The second-order valence-corrected chi connectivity index (χ2v) is 4.46. The minimum Gasteiger partial charge on any atom is -0.493 e. The van der Waals surface area contributed by atoms with Crippen LogP contribution in [0.4, 0.5) is 0 Å². The Hall–Kier alpha value is -1.12. The maximum absolute atomic E-state index is 5.40. The van der Waals surface area contributed by atoms with E-state index in [-0.39, 0.29) is 31.4 Å². The fraction of sp³-hybridized carbons (Fsp3) is 0.467. The molecule has 0 atom stereocenters. The highest BCUT2D eigenvalue weighted by Gasteiger charge is 2.05. The van der Waals surface area contributed by atoms with Crippen molar-refractivity contribution < 1.29 is 9.47 Å². The van der Waals surface area contributed by atoms with Crippen molar-refractivity contribution in [3.05, 3.63) is 23.8 Å². The third kappa shape index (κ3) is 8.69. The molecule has 6 heteroatoms. The molecule has 4 nitrogen and oxygen atoms in total. The number of hydrogen-bond donors (Lipinski definition) is 1. The van der Waals surface area contributed by atoms with Crippen LogP contribution < -0.4 is 14.8 Å². The van der Waals surface area contributed by atoms with E-state index in [1.807, 2.05) is 18.2 Å². The van der Waals surface area contributed by atoms with Gasteiger partial charge < -0.3 is 19.7 Å². The molecule has 0 fully saturated rings. The smallest absolute Gasteiger partial charge is 0.162 e. The summed E-state index contributed by atoms with van der Waals surface area (Å²) in [6.45, 7) is 3.02. The number of rotatable bonds is 8. The van der Waals surface area contributed by atoms with Gasteiger partial charge in [0.15, 0.2) is 11.5 Å². The molecule has 0 saturated heterocycles. The van der Waals surface area contributed by atoms with Crippen LogP contribution in [-0.2, 0) is 6.54 Å². The third-order valence-corrected chi connectivity index (χ3v) is 2.60. The summed E-state index contributed by atoms with van der Waals surface area (Å²) in [5, 5.41) is 3.38. The molecule has 0 aromatic heterocycles. The van der Waals surface area contributed by atoms with Crippen molar-refractivity contribution >= 4 is 24.8 Å². The molecule has 0 radical (unpaired) electrons. The van der Waals surface area contributed by atoms with Gasteiger partial charge in [-0.1, -0.05) is 12.0 Å². The number of terminal acetylenes is 1. The van der Waals surface area contributed by atoms with E-state index in [1.54, 1.807) is 7.11 Å². The Morgan fingerprint density at radius 2 is 1.95 bits per heavy atom. The van der Waals surface area contributed by atoms with Crippen LogP contribution in [0.5, 0.6) is 11.5 Å². The molecular formula is C15H24Cl2N2O2. The number of methoxy groups -OCH3 is 1. The highest BCUT2D eigenvalue weighted by atomic mass is 35.5. The zero-order valence-corrected chi connectivity index (χ0v) is 14.4. The summed E-state index contributed by atoms with van der Waals surface area (Å²) in [4.78, 5) is 2.14. The van der Waals surface area contributed by atoms with E-state index in [2.05, 4.69) is 30.2 Å². The van der Waals surface area contributed by atoms with E-state index in [1.165, 1.54) is 0 Å². The summed E-state index contributed by atoms with van der Waals surface area (Å²) in [6.07, 6.45) is 5.17. The van der Waals surface area contributed by atoms with Crippen molar-refractivity contribution in [1.29, 1.82) is 0 Å². The summed E-state index contributed by atoms with van der Waals surface area (Å²) in [6, 6.07) is 5.87. The Morgan fingerprint density at radius 1 is 1.24 bits per heavy atom. The van der Waals surface area contributed by atoms with Crippen molar-refractivity contribution in [2.45, 2.75) is 6.54 Å². The Bertz CT molecular complexity index is 434. The number of hydrogen-bond acceptors (Lipinski definition) is 4. The third-order valence-electron chi connectivity index (χ3n) is 2.60. The summed E-state index contributed by atoms with van der Waals surface area (Å²) >= 11 is 0. The second kappa shape index (κ2) is 12.6. The molecule has 0 amide bonds. The average Bonchev–Trinajstić information content (AvgIpc) is 2.41. The van der Waals surface area contributed by atoms with Gasteiger partial charge in [0.2, 0.25) is 0 Å². The lowest BCUT2D eigenvalue weighted by molar-refractivity contribution is 0.330. The van der Waals surface area contributed by atoms with Gasteiger partial charge in [-0.05, 0) is 31.8 Å². The molecular weight excluding hydrogens is 311 g/mol. The van der Waals surface area contributed by atoms with Crippen LogP contribution in [0.1, 0.15) is 5.56 Å². The van der Waals surface area contributed by atoms with Gasteiger partial charge in [0.05, 0.1) is 7.11 Å². The number of nitrogens with one attached hydrogen (secondary N) is 1.